The third-order valence-electron chi connectivity index (χ3n) is 2.21. The average molecular weight is 219 g/mol. The van der Waals surface area contributed by atoms with E-state index in [0.29, 0.717) is 11.4 Å². The van der Waals surface area contributed by atoms with Crippen LogP contribution in [0.15, 0.2) is 24.3 Å². The fraction of sp³-hybridized carbons (Fsp3) is 0. The van der Waals surface area contributed by atoms with Gasteiger partial charge in [-0.05, 0) is 24.3 Å². The molecule has 0 atom stereocenters. The first-order valence-corrected chi connectivity index (χ1v) is 4.69. The van der Waals surface area contributed by atoms with E-state index in [0.717, 1.165) is 5.56 Å². The van der Waals surface area contributed by atoms with Gasteiger partial charge in [0.25, 0.3) is 0 Å². The molecule has 2 rings (SSSR count). The van der Waals surface area contributed by atoms with Crippen LogP contribution in [-0.2, 0) is 0 Å². The molecular weight excluding hydrogens is 214 g/mol. The standard InChI is InChI=1S/C12H5N5/c13-5-8-1-3-9(4-2-8)12-16-10(6-14)11(7-15)17-12/h1-4H,(H,16,17). The van der Waals surface area contributed by atoms with E-state index >= 15 is 0 Å². The molecule has 0 aliphatic heterocycles. The number of nitrogens with zero attached hydrogens (tertiary/aromatic N) is 4. The lowest BCUT2D eigenvalue weighted by atomic mass is 10.1. The Kier molecular flexibility index (Phi) is 2.56. The van der Waals surface area contributed by atoms with Crippen LogP contribution in [-0.4, -0.2) is 9.97 Å². The molecule has 0 aliphatic carbocycles. The lowest BCUT2D eigenvalue weighted by Crippen LogP contribution is -1.81. The number of nitrogens with one attached hydrogen (secondary N) is 1. The number of hydrogen-bond donors (Lipinski definition) is 1. The molecule has 0 unspecified atom stereocenters. The fourth-order valence-electron chi connectivity index (χ4n) is 1.37. The van der Waals surface area contributed by atoms with Crippen LogP contribution in [0.3, 0.4) is 0 Å². The molecule has 78 valence electrons. The first kappa shape index (κ1) is 10.4. The number of hydrogen-bond acceptors (Lipinski definition) is 4. The molecule has 1 aromatic heterocycles. The van der Waals surface area contributed by atoms with Gasteiger partial charge in [0.2, 0.25) is 0 Å². The molecule has 1 aromatic carbocycles. The van der Waals surface area contributed by atoms with Crippen molar-refractivity contribution in [3.8, 4) is 29.6 Å². The Morgan fingerprint density at radius 3 is 2.12 bits per heavy atom. The van der Waals surface area contributed by atoms with Crippen molar-refractivity contribution in [1.29, 1.82) is 15.8 Å². The zero-order valence-electron chi connectivity index (χ0n) is 8.60. The Morgan fingerprint density at radius 1 is 0.941 bits per heavy atom. The Morgan fingerprint density at radius 2 is 1.65 bits per heavy atom. The Bertz CT molecular complexity index is 642. The minimum absolute atomic E-state index is 0.0758. The summed E-state index contributed by atoms with van der Waals surface area (Å²) in [6, 6.07) is 12.4. The second-order valence-corrected chi connectivity index (χ2v) is 3.22. The van der Waals surface area contributed by atoms with Crippen LogP contribution in [0.4, 0.5) is 0 Å². The summed E-state index contributed by atoms with van der Waals surface area (Å²) in [5.74, 6) is 0.447. The van der Waals surface area contributed by atoms with Crippen molar-refractivity contribution < 1.29 is 0 Å². The Hall–Kier alpha value is -3.10. The molecule has 1 heterocycles. The third-order valence-corrected chi connectivity index (χ3v) is 2.21. The Balaban J connectivity index is 2.48. The predicted molar refractivity (Wildman–Crippen MR) is 58.2 cm³/mol. The van der Waals surface area contributed by atoms with Crippen LogP contribution in [0, 0.1) is 34.0 Å². The monoisotopic (exact) mass is 219 g/mol. The van der Waals surface area contributed by atoms with Crippen molar-refractivity contribution in [2.45, 2.75) is 0 Å². The van der Waals surface area contributed by atoms with E-state index in [9.17, 15) is 0 Å². The van der Waals surface area contributed by atoms with E-state index in [1.807, 2.05) is 18.2 Å². The minimum Gasteiger partial charge on any atom is -0.329 e. The zero-order chi connectivity index (χ0) is 12.3. The number of benzene rings is 1. The highest BCUT2D eigenvalue weighted by molar-refractivity contribution is 5.59. The van der Waals surface area contributed by atoms with Gasteiger partial charge in [-0.3, -0.25) is 0 Å². The van der Waals surface area contributed by atoms with E-state index in [1.54, 1.807) is 24.3 Å². The Labute approximate surface area is 97.2 Å². The molecule has 17 heavy (non-hydrogen) atoms. The quantitative estimate of drug-likeness (QED) is 0.788. The highest BCUT2D eigenvalue weighted by Crippen LogP contribution is 2.18. The SMILES string of the molecule is N#Cc1ccc(-c2nc(C#N)c(C#N)[nH]2)cc1. The molecule has 0 fully saturated rings. The maximum atomic E-state index is 8.78. The molecule has 1 N–H and O–H groups in total. The van der Waals surface area contributed by atoms with E-state index in [1.165, 1.54) is 0 Å². The molecule has 0 spiro atoms. The second kappa shape index (κ2) is 4.18. The van der Waals surface area contributed by atoms with Gasteiger partial charge in [0.15, 0.2) is 11.4 Å². The first-order chi connectivity index (χ1) is 8.28. The van der Waals surface area contributed by atoms with E-state index in [4.69, 9.17) is 15.8 Å². The van der Waals surface area contributed by atoms with Crippen molar-refractivity contribution in [3.63, 3.8) is 0 Å². The highest BCUT2D eigenvalue weighted by Gasteiger charge is 2.10. The number of imidazole rings is 1. The molecule has 0 saturated heterocycles. The van der Waals surface area contributed by atoms with Crippen LogP contribution < -0.4 is 0 Å². The summed E-state index contributed by atoms with van der Waals surface area (Å²) < 4.78 is 0. The molecule has 0 radical (unpaired) electrons. The van der Waals surface area contributed by atoms with Crippen molar-refractivity contribution in [3.05, 3.63) is 41.2 Å². The summed E-state index contributed by atoms with van der Waals surface area (Å²) in [5, 5.41) is 26.2. The van der Waals surface area contributed by atoms with E-state index < -0.39 is 0 Å². The van der Waals surface area contributed by atoms with Crippen LogP contribution in [0.2, 0.25) is 0 Å². The molecule has 0 saturated carbocycles. The van der Waals surface area contributed by atoms with Gasteiger partial charge in [0.05, 0.1) is 11.6 Å². The van der Waals surface area contributed by atoms with Crippen LogP contribution >= 0.6 is 0 Å². The summed E-state index contributed by atoms with van der Waals surface area (Å²) in [4.78, 5) is 6.76. The van der Waals surface area contributed by atoms with Crippen LogP contribution in [0.5, 0.6) is 0 Å². The molecule has 0 aliphatic rings. The van der Waals surface area contributed by atoms with Crippen molar-refractivity contribution >= 4 is 0 Å². The van der Waals surface area contributed by atoms with Gasteiger partial charge >= 0.3 is 0 Å². The van der Waals surface area contributed by atoms with Gasteiger partial charge in [0, 0.05) is 5.56 Å². The summed E-state index contributed by atoms with van der Waals surface area (Å²) in [6.45, 7) is 0. The van der Waals surface area contributed by atoms with Crippen molar-refractivity contribution in [2.24, 2.45) is 0 Å². The number of rotatable bonds is 1. The maximum absolute atomic E-state index is 8.78. The molecule has 2 aromatic rings. The van der Waals surface area contributed by atoms with Crippen LogP contribution in [0.1, 0.15) is 17.0 Å². The minimum atomic E-state index is 0.0758. The largest absolute Gasteiger partial charge is 0.329 e. The van der Waals surface area contributed by atoms with Gasteiger partial charge in [-0.15, -0.1) is 0 Å². The predicted octanol–water partition coefficient (Wildman–Crippen LogP) is 1.69. The molecule has 0 amide bonds. The molecule has 5 heteroatoms. The summed E-state index contributed by atoms with van der Waals surface area (Å²) >= 11 is 0. The number of nitriles is 3. The topological polar surface area (TPSA) is 100 Å². The first-order valence-electron chi connectivity index (χ1n) is 4.69. The van der Waals surface area contributed by atoms with Crippen molar-refractivity contribution in [2.75, 3.05) is 0 Å². The van der Waals surface area contributed by atoms with E-state index in [2.05, 4.69) is 9.97 Å². The molecule has 5 nitrogen and oxygen atoms in total. The molecule has 0 bridgehead atoms. The van der Waals surface area contributed by atoms with Gasteiger partial charge in [0.1, 0.15) is 18.0 Å². The second-order valence-electron chi connectivity index (χ2n) is 3.22. The smallest absolute Gasteiger partial charge is 0.177 e. The normalized spacial score (nSPS) is 9.00. The van der Waals surface area contributed by atoms with Gasteiger partial charge in [-0.25, -0.2) is 4.98 Å². The van der Waals surface area contributed by atoms with Crippen molar-refractivity contribution in [1.82, 2.24) is 9.97 Å². The number of aromatic amines is 1. The summed E-state index contributed by atoms with van der Waals surface area (Å²) in [7, 11) is 0. The van der Waals surface area contributed by atoms with E-state index in [-0.39, 0.29) is 11.4 Å². The number of H-pyrrole nitrogens is 1. The van der Waals surface area contributed by atoms with Gasteiger partial charge < -0.3 is 4.98 Å². The number of aromatic nitrogens is 2. The third kappa shape index (κ3) is 1.84. The molecular formula is C12H5N5. The fourth-order valence-corrected chi connectivity index (χ4v) is 1.37. The lowest BCUT2D eigenvalue weighted by Gasteiger charge is -1.95. The van der Waals surface area contributed by atoms with Gasteiger partial charge in [-0.2, -0.15) is 15.8 Å². The van der Waals surface area contributed by atoms with Gasteiger partial charge in [-0.1, -0.05) is 0 Å². The summed E-state index contributed by atoms with van der Waals surface area (Å²) in [5.41, 5.74) is 1.49. The average Bonchev–Trinajstić information content (AvgIpc) is 2.82. The van der Waals surface area contributed by atoms with Crippen LogP contribution in [0.25, 0.3) is 11.4 Å². The summed E-state index contributed by atoms with van der Waals surface area (Å²) in [6.07, 6.45) is 0. The highest BCUT2D eigenvalue weighted by atomic mass is 14.9. The maximum Gasteiger partial charge on any atom is 0.177 e. The zero-order valence-corrected chi connectivity index (χ0v) is 8.60. The lowest BCUT2D eigenvalue weighted by molar-refractivity contribution is 1.29.